The summed E-state index contributed by atoms with van der Waals surface area (Å²) in [4.78, 5) is 14.0. The molecule has 1 aromatic rings. The summed E-state index contributed by atoms with van der Waals surface area (Å²) in [5.41, 5.74) is 1.24. The van der Waals surface area contributed by atoms with Crippen LogP contribution < -0.4 is 4.74 Å². The number of esters is 1. The molecule has 20 heavy (non-hydrogen) atoms. The summed E-state index contributed by atoms with van der Waals surface area (Å²) in [6.07, 6.45) is 2.15. The molecule has 0 aliphatic carbocycles. The Hall–Kier alpha value is -1.55. The Bertz CT molecular complexity index is 442. The number of methoxy groups -OCH3 is 1. The predicted octanol–water partition coefficient (Wildman–Crippen LogP) is 2.78. The van der Waals surface area contributed by atoms with Crippen molar-refractivity contribution in [3.8, 4) is 5.75 Å². The van der Waals surface area contributed by atoms with Crippen LogP contribution in [0.15, 0.2) is 24.3 Å². The maximum atomic E-state index is 11.8. The fourth-order valence-electron chi connectivity index (χ4n) is 2.68. The average Bonchev–Trinajstić information content (AvgIpc) is 2.86. The van der Waals surface area contributed by atoms with Crippen molar-refractivity contribution in [2.24, 2.45) is 0 Å². The molecule has 0 bridgehead atoms. The molecule has 1 saturated heterocycles. The molecule has 4 nitrogen and oxygen atoms in total. The van der Waals surface area contributed by atoms with Gasteiger partial charge in [0.15, 0.2) is 0 Å². The minimum atomic E-state index is -0.139. The van der Waals surface area contributed by atoms with Crippen molar-refractivity contribution in [1.82, 2.24) is 4.90 Å². The van der Waals surface area contributed by atoms with Crippen LogP contribution in [-0.2, 0) is 9.53 Å². The summed E-state index contributed by atoms with van der Waals surface area (Å²) in [7, 11) is 1.67. The van der Waals surface area contributed by atoms with Crippen LogP contribution in [0.4, 0.5) is 0 Å². The van der Waals surface area contributed by atoms with Gasteiger partial charge in [0.1, 0.15) is 5.75 Å². The number of carbonyl (C=O) groups is 1. The molecule has 4 heteroatoms. The van der Waals surface area contributed by atoms with Gasteiger partial charge in [-0.1, -0.05) is 12.1 Å². The highest BCUT2D eigenvalue weighted by Gasteiger charge is 2.28. The van der Waals surface area contributed by atoms with E-state index in [0.717, 1.165) is 25.1 Å². The minimum Gasteiger partial charge on any atom is -0.497 e. The Kier molecular flexibility index (Phi) is 5.01. The molecule has 1 fully saturated rings. The second-order valence-corrected chi connectivity index (χ2v) is 5.44. The summed E-state index contributed by atoms with van der Waals surface area (Å²) in [5.74, 6) is 0.720. The lowest BCUT2D eigenvalue weighted by Crippen LogP contribution is -2.31. The number of ether oxygens (including phenoxy) is 2. The van der Waals surface area contributed by atoms with Crippen molar-refractivity contribution < 1.29 is 14.3 Å². The van der Waals surface area contributed by atoms with Crippen molar-refractivity contribution in [2.75, 3.05) is 20.2 Å². The van der Waals surface area contributed by atoms with E-state index in [1.807, 2.05) is 26.0 Å². The first-order valence-electron chi connectivity index (χ1n) is 7.17. The lowest BCUT2D eigenvalue weighted by atomic mass is 10.0. The van der Waals surface area contributed by atoms with Gasteiger partial charge in [-0.05, 0) is 50.9 Å². The highest BCUT2D eigenvalue weighted by Crippen LogP contribution is 2.32. The Morgan fingerprint density at radius 3 is 2.65 bits per heavy atom. The van der Waals surface area contributed by atoms with Gasteiger partial charge in [0.25, 0.3) is 0 Å². The summed E-state index contributed by atoms with van der Waals surface area (Å²) < 4.78 is 10.4. The fraction of sp³-hybridized carbons (Fsp3) is 0.562. The van der Waals surface area contributed by atoms with Crippen LogP contribution in [0.5, 0.6) is 5.75 Å². The van der Waals surface area contributed by atoms with E-state index in [9.17, 15) is 4.79 Å². The van der Waals surface area contributed by atoms with Gasteiger partial charge in [-0.15, -0.1) is 0 Å². The van der Waals surface area contributed by atoms with E-state index in [1.54, 1.807) is 7.11 Å². The second kappa shape index (κ2) is 6.75. The number of likely N-dealkylation sites (tertiary alicyclic amines) is 1. The molecule has 0 saturated carbocycles. The Balaban J connectivity index is 2.00. The molecule has 1 unspecified atom stereocenters. The molecule has 1 aliphatic rings. The SMILES string of the molecule is COc1ccc(C2CCCN2CC(=O)OC(C)C)cc1. The van der Waals surface area contributed by atoms with Crippen LogP contribution >= 0.6 is 0 Å². The zero-order valence-electron chi connectivity index (χ0n) is 12.5. The lowest BCUT2D eigenvalue weighted by molar-refractivity contribution is -0.148. The first-order valence-corrected chi connectivity index (χ1v) is 7.17. The Labute approximate surface area is 120 Å². The van der Waals surface area contributed by atoms with E-state index in [4.69, 9.17) is 9.47 Å². The van der Waals surface area contributed by atoms with Crippen LogP contribution in [0.3, 0.4) is 0 Å². The monoisotopic (exact) mass is 277 g/mol. The molecule has 110 valence electrons. The molecule has 1 heterocycles. The van der Waals surface area contributed by atoms with Crippen LogP contribution in [0.1, 0.15) is 38.3 Å². The van der Waals surface area contributed by atoms with E-state index in [2.05, 4.69) is 17.0 Å². The molecule has 0 spiro atoms. The van der Waals surface area contributed by atoms with Gasteiger partial charge in [-0.25, -0.2) is 0 Å². The predicted molar refractivity (Wildman–Crippen MR) is 77.8 cm³/mol. The van der Waals surface area contributed by atoms with Crippen molar-refractivity contribution in [3.63, 3.8) is 0 Å². The first kappa shape index (κ1) is 14.9. The third-order valence-electron chi connectivity index (χ3n) is 3.56. The van der Waals surface area contributed by atoms with Gasteiger partial charge >= 0.3 is 5.97 Å². The Morgan fingerprint density at radius 1 is 1.35 bits per heavy atom. The van der Waals surface area contributed by atoms with Crippen LogP contribution in [0, 0.1) is 0 Å². The second-order valence-electron chi connectivity index (χ2n) is 5.44. The van der Waals surface area contributed by atoms with Crippen LogP contribution in [0.25, 0.3) is 0 Å². The molecule has 0 radical (unpaired) electrons. The van der Waals surface area contributed by atoms with E-state index in [1.165, 1.54) is 5.56 Å². The molecular formula is C16H23NO3. The number of rotatable bonds is 5. The standard InChI is InChI=1S/C16H23NO3/c1-12(2)20-16(18)11-17-10-4-5-15(17)13-6-8-14(19-3)9-7-13/h6-9,12,15H,4-5,10-11H2,1-3H3. The van der Waals surface area contributed by atoms with Gasteiger partial charge in [0.05, 0.1) is 19.8 Å². The molecule has 1 atom stereocenters. The lowest BCUT2D eigenvalue weighted by Gasteiger charge is -2.24. The van der Waals surface area contributed by atoms with E-state index < -0.39 is 0 Å². The quantitative estimate of drug-likeness (QED) is 0.776. The summed E-state index contributed by atoms with van der Waals surface area (Å²) in [5, 5.41) is 0. The topological polar surface area (TPSA) is 38.8 Å². The van der Waals surface area contributed by atoms with Gasteiger partial charge in [0, 0.05) is 6.04 Å². The van der Waals surface area contributed by atoms with Crippen molar-refractivity contribution >= 4 is 5.97 Å². The summed E-state index contributed by atoms with van der Waals surface area (Å²) in [6, 6.07) is 8.41. The normalized spacial score (nSPS) is 19.3. The molecule has 1 aromatic carbocycles. The highest BCUT2D eigenvalue weighted by molar-refractivity contribution is 5.72. The fourth-order valence-corrected chi connectivity index (χ4v) is 2.68. The number of hydrogen-bond acceptors (Lipinski definition) is 4. The van der Waals surface area contributed by atoms with Gasteiger partial charge < -0.3 is 9.47 Å². The van der Waals surface area contributed by atoms with Crippen LogP contribution in [-0.4, -0.2) is 37.2 Å². The third-order valence-corrected chi connectivity index (χ3v) is 3.56. The number of carbonyl (C=O) groups excluding carboxylic acids is 1. The number of hydrogen-bond donors (Lipinski definition) is 0. The minimum absolute atomic E-state index is 0.0514. The zero-order chi connectivity index (χ0) is 14.5. The first-order chi connectivity index (χ1) is 9.60. The Morgan fingerprint density at radius 2 is 2.05 bits per heavy atom. The molecular weight excluding hydrogens is 254 g/mol. The maximum Gasteiger partial charge on any atom is 0.320 e. The van der Waals surface area contributed by atoms with Crippen molar-refractivity contribution in [2.45, 2.75) is 38.8 Å². The molecule has 0 aromatic heterocycles. The maximum absolute atomic E-state index is 11.8. The largest absolute Gasteiger partial charge is 0.497 e. The smallest absolute Gasteiger partial charge is 0.320 e. The van der Waals surface area contributed by atoms with Crippen molar-refractivity contribution in [1.29, 1.82) is 0 Å². The van der Waals surface area contributed by atoms with Crippen LogP contribution in [0.2, 0.25) is 0 Å². The van der Waals surface area contributed by atoms with E-state index in [0.29, 0.717) is 12.6 Å². The molecule has 0 N–H and O–H groups in total. The average molecular weight is 277 g/mol. The van der Waals surface area contributed by atoms with E-state index >= 15 is 0 Å². The summed E-state index contributed by atoms with van der Waals surface area (Å²) in [6.45, 7) is 5.07. The number of nitrogens with zero attached hydrogens (tertiary/aromatic N) is 1. The highest BCUT2D eigenvalue weighted by atomic mass is 16.5. The van der Waals surface area contributed by atoms with Gasteiger partial charge in [0.2, 0.25) is 0 Å². The third kappa shape index (κ3) is 3.73. The van der Waals surface area contributed by atoms with E-state index in [-0.39, 0.29) is 12.1 Å². The van der Waals surface area contributed by atoms with Crippen molar-refractivity contribution in [3.05, 3.63) is 29.8 Å². The summed E-state index contributed by atoms with van der Waals surface area (Å²) >= 11 is 0. The molecule has 2 rings (SSSR count). The van der Waals surface area contributed by atoms with Gasteiger partial charge in [-0.3, -0.25) is 9.69 Å². The zero-order valence-corrected chi connectivity index (χ0v) is 12.5. The van der Waals surface area contributed by atoms with Gasteiger partial charge in [-0.2, -0.15) is 0 Å². The number of benzene rings is 1. The molecule has 0 amide bonds. The molecule has 1 aliphatic heterocycles.